The second kappa shape index (κ2) is 10.4. The van der Waals surface area contributed by atoms with E-state index in [1.54, 1.807) is 18.2 Å². The number of nitrogens with zero attached hydrogens (tertiary/aromatic N) is 1. The highest BCUT2D eigenvalue weighted by molar-refractivity contribution is 6.31. The number of hydrogen-bond acceptors (Lipinski definition) is 5. The van der Waals surface area contributed by atoms with E-state index >= 15 is 0 Å². The van der Waals surface area contributed by atoms with E-state index in [4.69, 9.17) is 21.1 Å². The van der Waals surface area contributed by atoms with Crippen molar-refractivity contribution in [2.24, 2.45) is 0 Å². The number of rotatable bonds is 7. The Balaban J connectivity index is 1.68. The van der Waals surface area contributed by atoms with Gasteiger partial charge in [0.25, 0.3) is 0 Å². The molecule has 4 aromatic rings. The molecule has 0 radical (unpaired) electrons. The number of carbonyl (C=O) groups excluding carboxylic acids is 2. The number of esters is 1. The van der Waals surface area contributed by atoms with Crippen LogP contribution in [0.2, 0.25) is 5.02 Å². The van der Waals surface area contributed by atoms with Gasteiger partial charge in [-0.3, -0.25) is 4.79 Å². The van der Waals surface area contributed by atoms with Crippen LogP contribution < -0.4 is 10.1 Å². The molecule has 0 fully saturated rings. The molecule has 34 heavy (non-hydrogen) atoms. The summed E-state index contributed by atoms with van der Waals surface area (Å²) in [6.07, 6.45) is 0. The smallest absolute Gasteiger partial charge is 0.343 e. The van der Waals surface area contributed by atoms with Crippen LogP contribution in [-0.4, -0.2) is 31.1 Å². The predicted molar refractivity (Wildman–Crippen MR) is 131 cm³/mol. The number of carbonyl (C=O) groups is 2. The largest absolute Gasteiger partial charge is 0.480 e. The third-order valence-electron chi connectivity index (χ3n) is 5.51. The van der Waals surface area contributed by atoms with E-state index in [1.807, 2.05) is 60.7 Å². The average Bonchev–Trinajstić information content (AvgIpc) is 2.87. The highest BCUT2D eigenvalue weighted by Gasteiger charge is 2.23. The molecule has 172 valence electrons. The normalized spacial score (nSPS) is 10.8. The van der Waals surface area contributed by atoms with E-state index in [1.165, 1.54) is 14.2 Å². The lowest BCUT2D eigenvalue weighted by Gasteiger charge is -2.18. The van der Waals surface area contributed by atoms with E-state index in [-0.39, 0.29) is 23.9 Å². The van der Waals surface area contributed by atoms with Gasteiger partial charge in [-0.05, 0) is 34.9 Å². The Bertz CT molecular complexity index is 1290. The first kappa shape index (κ1) is 23.3. The molecular weight excluding hydrogens is 452 g/mol. The summed E-state index contributed by atoms with van der Waals surface area (Å²) >= 11 is 6.35. The molecule has 0 spiro atoms. The Morgan fingerprint density at radius 3 is 2.12 bits per heavy atom. The van der Waals surface area contributed by atoms with E-state index in [9.17, 15) is 9.59 Å². The number of nitrogens with one attached hydrogen (secondary N) is 1. The lowest BCUT2D eigenvalue weighted by molar-refractivity contribution is -0.121. The molecule has 0 atom stereocenters. The topological polar surface area (TPSA) is 77.5 Å². The number of methoxy groups -OCH3 is 2. The molecule has 0 aliphatic carbocycles. The highest BCUT2D eigenvalue weighted by Crippen LogP contribution is 2.29. The minimum absolute atomic E-state index is 0.140. The Kier molecular flexibility index (Phi) is 7.09. The highest BCUT2D eigenvalue weighted by atomic mass is 35.5. The van der Waals surface area contributed by atoms with Crippen molar-refractivity contribution in [3.63, 3.8) is 0 Å². The molecule has 0 saturated heterocycles. The SMILES string of the molecule is COC(=O)c1cc2cc(Cl)cc(CNC(=O)C(c3ccccc3)c3ccccc3)c2nc1OC. The zero-order valence-electron chi connectivity index (χ0n) is 18.7. The van der Waals surface area contributed by atoms with Crippen LogP contribution >= 0.6 is 11.6 Å². The standard InChI is InChI=1S/C27H23ClN2O4/c1-33-26-22(27(32)34-2)15-19-13-21(28)14-20(24(19)30-26)16-29-25(31)23(17-9-5-3-6-10-17)18-11-7-4-8-12-18/h3-15,23H,16H2,1-2H3,(H,29,31). The Hall–Kier alpha value is -3.90. The summed E-state index contributed by atoms with van der Waals surface area (Å²) in [5.74, 6) is -1.04. The molecular formula is C27H23ClN2O4. The van der Waals surface area contributed by atoms with Crippen LogP contribution in [0.5, 0.6) is 5.88 Å². The fraction of sp³-hybridized carbons (Fsp3) is 0.148. The lowest BCUT2D eigenvalue weighted by atomic mass is 9.90. The molecule has 1 amide bonds. The third-order valence-corrected chi connectivity index (χ3v) is 5.72. The molecule has 4 rings (SSSR count). The molecule has 0 saturated carbocycles. The molecule has 7 heteroatoms. The van der Waals surface area contributed by atoms with Crippen molar-refractivity contribution in [1.82, 2.24) is 10.3 Å². The number of pyridine rings is 1. The van der Waals surface area contributed by atoms with Gasteiger partial charge in [0.2, 0.25) is 11.8 Å². The van der Waals surface area contributed by atoms with Gasteiger partial charge in [-0.1, -0.05) is 72.3 Å². The molecule has 0 unspecified atom stereocenters. The molecule has 0 bridgehead atoms. The van der Waals surface area contributed by atoms with Crippen molar-refractivity contribution < 1.29 is 19.1 Å². The van der Waals surface area contributed by atoms with Gasteiger partial charge in [-0.15, -0.1) is 0 Å². The summed E-state index contributed by atoms with van der Waals surface area (Å²) in [6, 6.07) is 24.3. The van der Waals surface area contributed by atoms with Gasteiger partial charge in [0, 0.05) is 17.0 Å². The van der Waals surface area contributed by atoms with Gasteiger partial charge in [0.05, 0.1) is 25.7 Å². The minimum atomic E-state index is -0.561. The molecule has 0 aliphatic rings. The zero-order valence-corrected chi connectivity index (χ0v) is 19.5. The van der Waals surface area contributed by atoms with Gasteiger partial charge in [0.1, 0.15) is 5.56 Å². The Morgan fingerprint density at radius 1 is 0.941 bits per heavy atom. The van der Waals surface area contributed by atoms with Crippen molar-refractivity contribution in [2.75, 3.05) is 14.2 Å². The first-order valence-electron chi connectivity index (χ1n) is 10.6. The number of benzene rings is 3. The fourth-order valence-electron chi connectivity index (χ4n) is 3.92. The molecule has 1 aromatic heterocycles. The third kappa shape index (κ3) is 4.87. The second-order valence-electron chi connectivity index (χ2n) is 7.65. The van der Waals surface area contributed by atoms with E-state index in [0.717, 1.165) is 11.1 Å². The maximum Gasteiger partial charge on any atom is 0.343 e. The van der Waals surface area contributed by atoms with Gasteiger partial charge >= 0.3 is 5.97 Å². The zero-order chi connectivity index (χ0) is 24.1. The van der Waals surface area contributed by atoms with E-state index in [0.29, 0.717) is 21.5 Å². The predicted octanol–water partition coefficient (Wildman–Crippen LogP) is 5.13. The molecule has 0 aliphatic heterocycles. The van der Waals surface area contributed by atoms with Crippen molar-refractivity contribution >= 4 is 34.4 Å². The quantitative estimate of drug-likeness (QED) is 0.376. The molecule has 1 heterocycles. The molecule has 1 N–H and O–H groups in total. The van der Waals surface area contributed by atoms with Crippen molar-refractivity contribution in [2.45, 2.75) is 12.5 Å². The molecule has 3 aromatic carbocycles. The monoisotopic (exact) mass is 474 g/mol. The van der Waals surface area contributed by atoms with Crippen molar-refractivity contribution in [1.29, 1.82) is 0 Å². The number of ether oxygens (including phenoxy) is 2. The Morgan fingerprint density at radius 2 is 1.56 bits per heavy atom. The lowest BCUT2D eigenvalue weighted by Crippen LogP contribution is -2.29. The number of amides is 1. The van der Waals surface area contributed by atoms with Gasteiger partial charge in [-0.2, -0.15) is 0 Å². The number of halogens is 1. The summed E-state index contributed by atoms with van der Waals surface area (Å²) in [4.78, 5) is 30.0. The maximum absolute atomic E-state index is 13.4. The first-order chi connectivity index (χ1) is 16.5. The van der Waals surface area contributed by atoms with Crippen LogP contribution in [-0.2, 0) is 16.1 Å². The van der Waals surface area contributed by atoms with Crippen molar-refractivity contribution in [3.8, 4) is 5.88 Å². The van der Waals surface area contributed by atoms with E-state index in [2.05, 4.69) is 10.3 Å². The van der Waals surface area contributed by atoms with Crippen molar-refractivity contribution in [3.05, 3.63) is 106 Å². The van der Waals surface area contributed by atoms with Crippen LogP contribution in [0.3, 0.4) is 0 Å². The average molecular weight is 475 g/mol. The fourth-order valence-corrected chi connectivity index (χ4v) is 4.17. The summed E-state index contributed by atoms with van der Waals surface area (Å²) < 4.78 is 10.1. The summed E-state index contributed by atoms with van der Waals surface area (Å²) in [5, 5.41) is 4.13. The minimum Gasteiger partial charge on any atom is -0.480 e. The van der Waals surface area contributed by atoms with Gasteiger partial charge in [0.15, 0.2) is 0 Å². The van der Waals surface area contributed by atoms with Crippen LogP contribution in [0.4, 0.5) is 0 Å². The van der Waals surface area contributed by atoms with E-state index < -0.39 is 11.9 Å². The number of aromatic nitrogens is 1. The maximum atomic E-state index is 13.4. The van der Waals surface area contributed by atoms with Crippen LogP contribution in [0, 0.1) is 0 Å². The summed E-state index contributed by atoms with van der Waals surface area (Å²) in [5.41, 5.74) is 3.26. The van der Waals surface area contributed by atoms with Crippen LogP contribution in [0.15, 0.2) is 78.9 Å². The van der Waals surface area contributed by atoms with Gasteiger partial charge in [-0.25, -0.2) is 9.78 Å². The second-order valence-corrected chi connectivity index (χ2v) is 8.08. The van der Waals surface area contributed by atoms with Crippen LogP contribution in [0.25, 0.3) is 10.9 Å². The number of hydrogen-bond donors (Lipinski definition) is 1. The summed E-state index contributed by atoms with van der Waals surface area (Å²) in [6.45, 7) is 0.194. The van der Waals surface area contributed by atoms with Gasteiger partial charge < -0.3 is 14.8 Å². The number of fused-ring (bicyclic) bond motifs is 1. The first-order valence-corrected chi connectivity index (χ1v) is 11.0. The molecule has 6 nitrogen and oxygen atoms in total. The summed E-state index contributed by atoms with van der Waals surface area (Å²) in [7, 11) is 2.73. The Labute approximate surface area is 202 Å². The van der Waals surface area contributed by atoms with Crippen LogP contribution in [0.1, 0.15) is 33.0 Å².